The summed E-state index contributed by atoms with van der Waals surface area (Å²) in [6, 6.07) is 14.2. The number of fused-ring (bicyclic) bond motifs is 1. The van der Waals surface area contributed by atoms with E-state index in [-0.39, 0.29) is 5.91 Å². The summed E-state index contributed by atoms with van der Waals surface area (Å²) in [5, 5.41) is 8.31. The average molecular weight is 420 g/mol. The van der Waals surface area contributed by atoms with Crippen molar-refractivity contribution < 1.29 is 4.79 Å². The van der Waals surface area contributed by atoms with E-state index in [9.17, 15) is 4.79 Å². The summed E-state index contributed by atoms with van der Waals surface area (Å²) in [7, 11) is 3.84. The molecule has 0 aliphatic heterocycles. The molecule has 0 bridgehead atoms. The van der Waals surface area contributed by atoms with Crippen LogP contribution in [-0.2, 0) is 18.4 Å². The van der Waals surface area contributed by atoms with E-state index in [1.165, 1.54) is 10.3 Å². The third kappa shape index (κ3) is 4.58. The molecule has 0 radical (unpaired) electrons. The van der Waals surface area contributed by atoms with Gasteiger partial charge in [-0.05, 0) is 62.9 Å². The number of benzene rings is 2. The number of thiazole rings is 1. The van der Waals surface area contributed by atoms with Crippen LogP contribution in [0.3, 0.4) is 0 Å². The maximum absolute atomic E-state index is 12.4. The summed E-state index contributed by atoms with van der Waals surface area (Å²) in [5.74, 6) is -0.0396. The van der Waals surface area contributed by atoms with Crippen molar-refractivity contribution in [1.29, 1.82) is 0 Å². The normalized spacial score (nSPS) is 11.4. The SMILES string of the molecule is Cc1ccc2nc(-c3ccc(NC(=O)CN(C)Cc4cn(C)nc4C)cc3)sc2c1. The third-order valence-corrected chi connectivity index (χ3v) is 6.00. The highest BCUT2D eigenvalue weighted by Crippen LogP contribution is 2.31. The van der Waals surface area contributed by atoms with E-state index in [4.69, 9.17) is 4.98 Å². The minimum Gasteiger partial charge on any atom is -0.325 e. The summed E-state index contributed by atoms with van der Waals surface area (Å²) < 4.78 is 2.99. The molecule has 30 heavy (non-hydrogen) atoms. The summed E-state index contributed by atoms with van der Waals surface area (Å²) >= 11 is 1.68. The number of hydrogen-bond acceptors (Lipinski definition) is 5. The van der Waals surface area contributed by atoms with Crippen LogP contribution in [-0.4, -0.2) is 39.2 Å². The molecule has 0 aliphatic carbocycles. The number of carbonyl (C=O) groups excluding carboxylic acids is 1. The second-order valence-electron chi connectivity index (χ2n) is 7.70. The number of aromatic nitrogens is 3. The van der Waals surface area contributed by atoms with Gasteiger partial charge >= 0.3 is 0 Å². The highest BCUT2D eigenvalue weighted by molar-refractivity contribution is 7.21. The van der Waals surface area contributed by atoms with Gasteiger partial charge in [0.15, 0.2) is 0 Å². The van der Waals surface area contributed by atoms with Crippen molar-refractivity contribution in [3.05, 3.63) is 65.5 Å². The molecular weight excluding hydrogens is 394 g/mol. The average Bonchev–Trinajstić information content (AvgIpc) is 3.24. The number of rotatable bonds is 6. The van der Waals surface area contributed by atoms with Crippen molar-refractivity contribution in [3.8, 4) is 10.6 Å². The lowest BCUT2D eigenvalue weighted by molar-refractivity contribution is -0.117. The molecule has 2 aromatic carbocycles. The summed E-state index contributed by atoms with van der Waals surface area (Å²) in [5.41, 5.74) is 6.21. The molecule has 0 saturated heterocycles. The Morgan fingerprint density at radius 3 is 2.63 bits per heavy atom. The zero-order valence-corrected chi connectivity index (χ0v) is 18.5. The molecule has 4 rings (SSSR count). The monoisotopic (exact) mass is 419 g/mol. The quantitative estimate of drug-likeness (QED) is 0.504. The number of nitrogens with one attached hydrogen (secondary N) is 1. The largest absolute Gasteiger partial charge is 0.325 e. The molecule has 0 spiro atoms. The van der Waals surface area contributed by atoms with E-state index in [1.807, 2.05) is 56.4 Å². The number of aryl methyl sites for hydroxylation is 3. The summed E-state index contributed by atoms with van der Waals surface area (Å²) in [6.45, 7) is 5.07. The molecule has 1 N–H and O–H groups in total. The van der Waals surface area contributed by atoms with Crippen molar-refractivity contribution in [2.45, 2.75) is 20.4 Å². The van der Waals surface area contributed by atoms with E-state index >= 15 is 0 Å². The van der Waals surface area contributed by atoms with Crippen LogP contribution in [0.5, 0.6) is 0 Å². The van der Waals surface area contributed by atoms with Crippen molar-refractivity contribution in [2.24, 2.45) is 7.05 Å². The fourth-order valence-corrected chi connectivity index (χ4v) is 4.52. The molecule has 0 unspecified atom stereocenters. The zero-order chi connectivity index (χ0) is 21.3. The standard InChI is InChI=1S/C23H25N5OS/c1-15-5-10-20-21(11-15)30-23(25-20)17-6-8-19(9-7-17)24-22(29)14-27(3)12-18-13-28(4)26-16(18)2/h5-11,13H,12,14H2,1-4H3,(H,24,29). The van der Waals surface area contributed by atoms with Crippen LogP contribution in [0.25, 0.3) is 20.8 Å². The van der Waals surface area contributed by atoms with Gasteiger partial charge in [0.1, 0.15) is 5.01 Å². The van der Waals surface area contributed by atoms with Gasteiger partial charge in [0.05, 0.1) is 22.5 Å². The van der Waals surface area contributed by atoms with Crippen LogP contribution in [0.15, 0.2) is 48.7 Å². The Labute approximate surface area is 180 Å². The second kappa shape index (κ2) is 8.38. The first kappa shape index (κ1) is 20.3. The first-order chi connectivity index (χ1) is 14.4. The molecule has 6 nitrogen and oxygen atoms in total. The van der Waals surface area contributed by atoms with E-state index in [1.54, 1.807) is 16.0 Å². The minimum absolute atomic E-state index is 0.0396. The Kier molecular flexibility index (Phi) is 5.65. The highest BCUT2D eigenvalue weighted by Gasteiger charge is 2.11. The number of amides is 1. The molecule has 2 aromatic heterocycles. The van der Waals surface area contributed by atoms with Crippen LogP contribution in [0.1, 0.15) is 16.8 Å². The van der Waals surface area contributed by atoms with Gasteiger partial charge in [0, 0.05) is 36.6 Å². The number of carbonyl (C=O) groups is 1. The Bertz CT molecular complexity index is 1190. The predicted molar refractivity (Wildman–Crippen MR) is 123 cm³/mol. The molecule has 2 heterocycles. The van der Waals surface area contributed by atoms with E-state index in [0.29, 0.717) is 13.1 Å². The fraction of sp³-hybridized carbons (Fsp3) is 0.261. The summed E-state index contributed by atoms with van der Waals surface area (Å²) in [4.78, 5) is 19.1. The van der Waals surface area contributed by atoms with Gasteiger partial charge in [0.25, 0.3) is 0 Å². The predicted octanol–water partition coefficient (Wildman–Crippen LogP) is 4.38. The minimum atomic E-state index is -0.0396. The molecular formula is C23H25N5OS. The first-order valence-corrected chi connectivity index (χ1v) is 10.6. The molecule has 4 aromatic rings. The van der Waals surface area contributed by atoms with E-state index < -0.39 is 0 Å². The second-order valence-corrected chi connectivity index (χ2v) is 8.73. The van der Waals surface area contributed by atoms with Gasteiger partial charge in [-0.1, -0.05) is 6.07 Å². The van der Waals surface area contributed by atoms with Crippen LogP contribution in [0.2, 0.25) is 0 Å². The van der Waals surface area contributed by atoms with Crippen molar-refractivity contribution in [3.63, 3.8) is 0 Å². The summed E-state index contributed by atoms with van der Waals surface area (Å²) in [6.07, 6.45) is 1.99. The number of likely N-dealkylation sites (N-methyl/N-ethyl adjacent to an activating group) is 1. The number of nitrogens with zero attached hydrogens (tertiary/aromatic N) is 4. The topological polar surface area (TPSA) is 63.1 Å². The van der Waals surface area contributed by atoms with Crippen LogP contribution >= 0.6 is 11.3 Å². The fourth-order valence-electron chi connectivity index (χ4n) is 3.45. The van der Waals surface area contributed by atoms with E-state index in [0.717, 1.165) is 33.0 Å². The maximum atomic E-state index is 12.4. The van der Waals surface area contributed by atoms with Gasteiger partial charge in [-0.15, -0.1) is 11.3 Å². The lowest BCUT2D eigenvalue weighted by atomic mass is 10.2. The van der Waals surface area contributed by atoms with Crippen LogP contribution in [0, 0.1) is 13.8 Å². The Morgan fingerprint density at radius 2 is 1.93 bits per heavy atom. The smallest absolute Gasteiger partial charge is 0.238 e. The van der Waals surface area contributed by atoms with Gasteiger partial charge in [-0.3, -0.25) is 14.4 Å². The van der Waals surface area contributed by atoms with Gasteiger partial charge < -0.3 is 5.32 Å². The van der Waals surface area contributed by atoms with Crippen LogP contribution < -0.4 is 5.32 Å². The van der Waals surface area contributed by atoms with E-state index in [2.05, 4.69) is 35.5 Å². The Hall–Kier alpha value is -3.03. The molecule has 0 fully saturated rings. The molecule has 0 atom stereocenters. The highest BCUT2D eigenvalue weighted by atomic mass is 32.1. The van der Waals surface area contributed by atoms with Crippen molar-refractivity contribution in [1.82, 2.24) is 19.7 Å². The third-order valence-electron chi connectivity index (χ3n) is 4.93. The maximum Gasteiger partial charge on any atom is 0.238 e. The number of anilines is 1. The lowest BCUT2D eigenvalue weighted by Crippen LogP contribution is -2.29. The van der Waals surface area contributed by atoms with Crippen molar-refractivity contribution >= 4 is 33.1 Å². The van der Waals surface area contributed by atoms with Gasteiger partial charge in [0.2, 0.25) is 5.91 Å². The van der Waals surface area contributed by atoms with Gasteiger partial charge in [-0.25, -0.2) is 4.98 Å². The number of hydrogen-bond donors (Lipinski definition) is 1. The molecule has 0 aliphatic rings. The molecule has 7 heteroatoms. The van der Waals surface area contributed by atoms with Crippen molar-refractivity contribution in [2.75, 3.05) is 18.9 Å². The van der Waals surface area contributed by atoms with Gasteiger partial charge in [-0.2, -0.15) is 5.10 Å². The first-order valence-electron chi connectivity index (χ1n) is 9.82. The Morgan fingerprint density at radius 1 is 1.17 bits per heavy atom. The Balaban J connectivity index is 1.37. The zero-order valence-electron chi connectivity index (χ0n) is 17.6. The lowest BCUT2D eigenvalue weighted by Gasteiger charge is -2.16. The molecule has 154 valence electrons. The molecule has 0 saturated carbocycles. The van der Waals surface area contributed by atoms with Crippen LogP contribution in [0.4, 0.5) is 5.69 Å². The molecule has 1 amide bonds.